The number of rotatable bonds is 8. The van der Waals surface area contributed by atoms with Gasteiger partial charge in [-0.1, -0.05) is 84.1 Å². The summed E-state index contributed by atoms with van der Waals surface area (Å²) in [4.78, 5) is 32.8. The van der Waals surface area contributed by atoms with Crippen molar-refractivity contribution in [1.82, 2.24) is 4.57 Å². The highest BCUT2D eigenvalue weighted by atomic mass is 32.1. The van der Waals surface area contributed by atoms with Gasteiger partial charge in [0.2, 0.25) is 0 Å². The molecule has 3 aromatic carbocycles. The SMILES string of the molecule is CCOC(=O)C1=C(c2ccccc2)N=c2s/c(=C\c3cccc(OC)c3OCC#N)c(=O)n2[C@@H]1c1ccccc1. The van der Waals surface area contributed by atoms with E-state index in [0.29, 0.717) is 32.1 Å². The molecule has 1 aliphatic heterocycles. The lowest BCUT2D eigenvalue weighted by molar-refractivity contribution is -0.138. The second-order valence-corrected chi connectivity index (χ2v) is 9.68. The molecule has 0 spiro atoms. The molecule has 4 aromatic rings. The van der Waals surface area contributed by atoms with Gasteiger partial charge in [0.1, 0.15) is 6.07 Å². The summed E-state index contributed by atoms with van der Waals surface area (Å²) in [6.07, 6.45) is 1.69. The molecule has 1 atom stereocenters. The van der Waals surface area contributed by atoms with E-state index in [-0.39, 0.29) is 24.3 Å². The number of esters is 1. The Balaban J connectivity index is 1.80. The van der Waals surface area contributed by atoms with Crippen LogP contribution in [0.1, 0.15) is 29.7 Å². The van der Waals surface area contributed by atoms with Crippen LogP contribution >= 0.6 is 11.3 Å². The number of methoxy groups -OCH3 is 1. The van der Waals surface area contributed by atoms with Gasteiger partial charge in [-0.05, 0) is 24.6 Å². The van der Waals surface area contributed by atoms with Crippen LogP contribution in [-0.2, 0) is 9.53 Å². The molecular weight excluding hydrogens is 526 g/mol. The average Bonchev–Trinajstić information content (AvgIpc) is 3.30. The maximum atomic E-state index is 14.0. The molecule has 0 unspecified atom stereocenters. The van der Waals surface area contributed by atoms with E-state index in [0.717, 1.165) is 11.1 Å². The maximum absolute atomic E-state index is 14.0. The van der Waals surface area contributed by atoms with Gasteiger partial charge in [0.25, 0.3) is 5.56 Å². The number of para-hydroxylation sites is 1. The third-order valence-corrected chi connectivity index (χ3v) is 7.27. The van der Waals surface area contributed by atoms with Crippen molar-refractivity contribution >= 4 is 29.1 Å². The van der Waals surface area contributed by atoms with Crippen LogP contribution in [0.15, 0.2) is 94.2 Å². The fourth-order valence-electron chi connectivity index (χ4n) is 4.60. The van der Waals surface area contributed by atoms with Crippen molar-refractivity contribution in [1.29, 1.82) is 5.26 Å². The first kappa shape index (κ1) is 26.7. The molecule has 0 fully saturated rings. The van der Waals surface area contributed by atoms with Crippen molar-refractivity contribution in [3.63, 3.8) is 0 Å². The van der Waals surface area contributed by atoms with Crippen molar-refractivity contribution in [3.05, 3.63) is 121 Å². The van der Waals surface area contributed by atoms with Gasteiger partial charge in [-0.15, -0.1) is 0 Å². The highest BCUT2D eigenvalue weighted by Gasteiger charge is 2.35. The molecule has 0 amide bonds. The molecule has 8 nitrogen and oxygen atoms in total. The summed E-state index contributed by atoms with van der Waals surface area (Å²) in [5.74, 6) is 0.261. The van der Waals surface area contributed by atoms with E-state index in [1.165, 1.54) is 18.4 Å². The molecule has 40 heavy (non-hydrogen) atoms. The number of hydrogen-bond donors (Lipinski definition) is 0. The summed E-state index contributed by atoms with van der Waals surface area (Å²) in [7, 11) is 1.51. The Morgan fingerprint density at radius 2 is 1.80 bits per heavy atom. The lowest BCUT2D eigenvalue weighted by Gasteiger charge is -2.25. The summed E-state index contributed by atoms with van der Waals surface area (Å²) in [6.45, 7) is 1.74. The highest BCUT2D eigenvalue weighted by Crippen LogP contribution is 2.35. The first-order valence-electron chi connectivity index (χ1n) is 12.6. The topological polar surface area (TPSA) is 103 Å². The Morgan fingerprint density at radius 1 is 1.07 bits per heavy atom. The normalized spacial score (nSPS) is 14.6. The molecule has 1 aliphatic rings. The van der Waals surface area contributed by atoms with E-state index in [2.05, 4.69) is 0 Å². The number of thiazole rings is 1. The van der Waals surface area contributed by atoms with E-state index in [1.807, 2.05) is 66.7 Å². The van der Waals surface area contributed by atoms with Gasteiger partial charge in [-0.2, -0.15) is 5.26 Å². The molecule has 0 bridgehead atoms. The van der Waals surface area contributed by atoms with Gasteiger partial charge in [-0.25, -0.2) is 9.79 Å². The smallest absolute Gasteiger partial charge is 0.338 e. The van der Waals surface area contributed by atoms with Crippen LogP contribution in [0.3, 0.4) is 0 Å². The molecule has 5 rings (SSSR count). The number of nitrogens with zero attached hydrogens (tertiary/aromatic N) is 3. The predicted molar refractivity (Wildman–Crippen MR) is 152 cm³/mol. The van der Waals surface area contributed by atoms with E-state index in [4.69, 9.17) is 24.5 Å². The minimum atomic E-state index is -0.756. The third kappa shape index (κ3) is 5.05. The van der Waals surface area contributed by atoms with Gasteiger partial charge < -0.3 is 14.2 Å². The van der Waals surface area contributed by atoms with Crippen LogP contribution in [0.5, 0.6) is 11.5 Å². The minimum Gasteiger partial charge on any atom is -0.493 e. The second kappa shape index (κ2) is 11.8. The lowest BCUT2D eigenvalue weighted by Crippen LogP contribution is -2.40. The molecule has 0 N–H and O–H groups in total. The Morgan fingerprint density at radius 3 is 2.48 bits per heavy atom. The summed E-state index contributed by atoms with van der Waals surface area (Å²) in [5, 5.41) is 9.06. The zero-order valence-electron chi connectivity index (χ0n) is 21.9. The molecule has 0 saturated carbocycles. The number of nitriles is 1. The van der Waals surface area contributed by atoms with Gasteiger partial charge in [-0.3, -0.25) is 9.36 Å². The van der Waals surface area contributed by atoms with E-state index in [1.54, 1.807) is 35.8 Å². The number of benzene rings is 3. The minimum absolute atomic E-state index is 0.178. The first-order valence-corrected chi connectivity index (χ1v) is 13.4. The molecular formula is C31H25N3O5S. The molecule has 200 valence electrons. The Kier molecular flexibility index (Phi) is 7.89. The lowest BCUT2D eigenvalue weighted by atomic mass is 9.93. The Hall–Kier alpha value is -4.94. The van der Waals surface area contributed by atoms with Gasteiger partial charge in [0.15, 0.2) is 22.9 Å². The average molecular weight is 552 g/mol. The largest absolute Gasteiger partial charge is 0.493 e. The number of fused-ring (bicyclic) bond motifs is 1. The van der Waals surface area contributed by atoms with Crippen LogP contribution in [-0.4, -0.2) is 30.9 Å². The van der Waals surface area contributed by atoms with Gasteiger partial charge >= 0.3 is 5.97 Å². The van der Waals surface area contributed by atoms with Crippen molar-refractivity contribution in [3.8, 4) is 17.6 Å². The van der Waals surface area contributed by atoms with E-state index in [9.17, 15) is 9.59 Å². The summed E-state index contributed by atoms with van der Waals surface area (Å²) >= 11 is 1.21. The van der Waals surface area contributed by atoms with Crippen molar-refractivity contribution in [2.75, 3.05) is 20.3 Å². The van der Waals surface area contributed by atoms with Crippen molar-refractivity contribution in [2.24, 2.45) is 4.99 Å². The predicted octanol–water partition coefficient (Wildman–Crippen LogP) is 3.85. The molecule has 9 heteroatoms. The number of hydrogen-bond acceptors (Lipinski definition) is 8. The van der Waals surface area contributed by atoms with Gasteiger partial charge in [0, 0.05) is 11.1 Å². The van der Waals surface area contributed by atoms with Crippen LogP contribution < -0.4 is 24.4 Å². The van der Waals surface area contributed by atoms with Crippen LogP contribution in [0.25, 0.3) is 11.8 Å². The summed E-state index contributed by atoms with van der Waals surface area (Å²) < 4.78 is 18.5. The first-order chi connectivity index (χ1) is 19.6. The molecule has 2 heterocycles. The number of carbonyl (C=O) groups is 1. The number of carbonyl (C=O) groups excluding carboxylic acids is 1. The fraction of sp³-hybridized carbons (Fsp3) is 0.161. The quantitative estimate of drug-likeness (QED) is 0.308. The van der Waals surface area contributed by atoms with E-state index >= 15 is 0 Å². The van der Waals surface area contributed by atoms with Crippen molar-refractivity contribution in [2.45, 2.75) is 13.0 Å². The molecule has 0 aliphatic carbocycles. The molecule has 0 saturated heterocycles. The Bertz CT molecular complexity index is 1800. The van der Waals surface area contributed by atoms with Crippen LogP contribution in [0, 0.1) is 11.3 Å². The standard InChI is InChI=1S/C31H25N3O5S/c1-3-38-30(36)25-26(20-11-6-4-7-12-20)33-31-34(27(25)21-13-8-5-9-14-21)29(35)24(40-31)19-22-15-10-16-23(37-2)28(22)39-18-17-32/h4-16,19,27H,3,18H2,1-2H3/b24-19-/t27-/m1/s1. The zero-order chi connectivity index (χ0) is 28.1. The third-order valence-electron chi connectivity index (χ3n) is 6.29. The van der Waals surface area contributed by atoms with E-state index < -0.39 is 12.0 Å². The monoisotopic (exact) mass is 551 g/mol. The summed E-state index contributed by atoms with van der Waals surface area (Å²) in [6, 6.07) is 25.2. The van der Waals surface area contributed by atoms with Gasteiger partial charge in [0.05, 0.1) is 35.6 Å². The number of ether oxygens (including phenoxy) is 3. The molecule has 1 aromatic heterocycles. The van der Waals surface area contributed by atoms with Crippen molar-refractivity contribution < 1.29 is 19.0 Å². The zero-order valence-corrected chi connectivity index (χ0v) is 22.7. The Labute approximate surface area is 234 Å². The highest BCUT2D eigenvalue weighted by molar-refractivity contribution is 7.07. The number of aromatic nitrogens is 1. The maximum Gasteiger partial charge on any atom is 0.338 e. The van der Waals surface area contributed by atoms with Crippen LogP contribution in [0.2, 0.25) is 0 Å². The second-order valence-electron chi connectivity index (χ2n) is 8.67. The fourth-order valence-corrected chi connectivity index (χ4v) is 5.59. The summed E-state index contributed by atoms with van der Waals surface area (Å²) in [5.41, 5.74) is 2.49. The van der Waals surface area contributed by atoms with Crippen LogP contribution in [0.4, 0.5) is 0 Å². The molecule has 0 radical (unpaired) electrons.